The number of nitrogens with zero attached hydrogens (tertiary/aromatic N) is 2. The van der Waals surface area contributed by atoms with Crippen molar-refractivity contribution in [1.82, 2.24) is 9.55 Å². The Morgan fingerprint density at radius 1 is 1.28 bits per heavy atom. The molecule has 0 amide bonds. The Morgan fingerprint density at radius 3 is 2.62 bits per heavy atom. The van der Waals surface area contributed by atoms with Crippen molar-refractivity contribution in [3.8, 4) is 17.1 Å². The first-order valence-corrected chi connectivity index (χ1v) is 11.2. The highest BCUT2D eigenvalue weighted by atomic mass is 35.5. The van der Waals surface area contributed by atoms with E-state index >= 15 is 0 Å². The number of aromatic nitrogens is 2. The summed E-state index contributed by atoms with van der Waals surface area (Å²) in [7, 11) is 1.65. The van der Waals surface area contributed by atoms with E-state index in [-0.39, 0.29) is 34.2 Å². The van der Waals surface area contributed by atoms with Crippen molar-refractivity contribution < 1.29 is 19.0 Å². The number of rotatable bonds is 7. The lowest BCUT2D eigenvalue weighted by Crippen LogP contribution is -2.35. The molecule has 0 spiro atoms. The number of hydrogen-bond acceptors (Lipinski definition) is 6. The zero-order chi connectivity index (χ0) is 23.6. The van der Waals surface area contributed by atoms with Crippen molar-refractivity contribution in [2.24, 2.45) is 5.41 Å². The number of carbonyl (C=O) groups is 1. The molecule has 0 N–H and O–H groups in total. The lowest BCUT2D eigenvalue weighted by Gasteiger charge is -2.40. The molecule has 0 bridgehead atoms. The van der Waals surface area contributed by atoms with Crippen LogP contribution in [-0.4, -0.2) is 42.5 Å². The van der Waals surface area contributed by atoms with Crippen LogP contribution in [0, 0.1) is 12.3 Å². The topological polar surface area (TPSA) is 79.7 Å². The number of methoxy groups -OCH3 is 1. The fourth-order valence-electron chi connectivity index (χ4n) is 4.15. The first-order valence-electron chi connectivity index (χ1n) is 10.8. The smallest absolute Gasteiger partial charge is 0.343 e. The Morgan fingerprint density at radius 2 is 2.00 bits per heavy atom. The Kier molecular flexibility index (Phi) is 7.30. The molecule has 0 aromatic carbocycles. The number of esters is 1. The van der Waals surface area contributed by atoms with Gasteiger partial charge in [0.15, 0.2) is 16.3 Å². The molecule has 3 heterocycles. The fourth-order valence-corrected chi connectivity index (χ4v) is 4.34. The molecule has 7 nitrogen and oxygen atoms in total. The van der Waals surface area contributed by atoms with E-state index in [1.54, 1.807) is 21.0 Å². The number of fused-ring (bicyclic) bond motifs is 3. The van der Waals surface area contributed by atoms with Crippen molar-refractivity contribution in [2.45, 2.75) is 53.5 Å². The number of ether oxygens (including phenoxy) is 3. The van der Waals surface area contributed by atoms with E-state index in [0.29, 0.717) is 42.5 Å². The van der Waals surface area contributed by atoms with E-state index in [0.717, 1.165) is 12.0 Å². The number of pyridine rings is 2. The van der Waals surface area contributed by atoms with Gasteiger partial charge >= 0.3 is 5.97 Å². The van der Waals surface area contributed by atoms with Gasteiger partial charge in [-0.05, 0) is 37.3 Å². The molecule has 8 heteroatoms. The third-order valence-corrected chi connectivity index (χ3v) is 5.99. The molecule has 0 fully saturated rings. The summed E-state index contributed by atoms with van der Waals surface area (Å²) in [6.07, 6.45) is 1.40. The highest BCUT2D eigenvalue weighted by molar-refractivity contribution is 6.31. The van der Waals surface area contributed by atoms with Crippen molar-refractivity contribution in [3.05, 3.63) is 44.3 Å². The molecule has 0 unspecified atom stereocenters. The standard InChI is InChI=1S/C24H31ClN2O5/c1-7-31-23(29)20-14(2)27-16(13-17(20)28)21-15(12-19(27)24(3,4)5)11-18(22(25)26-21)32-10-8-9-30-6/h11,13,19H,7-10,12H2,1-6H3/t19-/m0/s1. The number of hydrogen-bond donors (Lipinski definition) is 0. The zero-order valence-electron chi connectivity index (χ0n) is 19.6. The summed E-state index contributed by atoms with van der Waals surface area (Å²) in [5.41, 5.74) is 2.35. The van der Waals surface area contributed by atoms with Crippen LogP contribution < -0.4 is 10.2 Å². The molecule has 32 heavy (non-hydrogen) atoms. The maximum absolute atomic E-state index is 12.9. The Bertz CT molecular complexity index is 1070. The second-order valence-corrected chi connectivity index (χ2v) is 9.37. The van der Waals surface area contributed by atoms with Crippen LogP contribution in [0.1, 0.15) is 61.8 Å². The number of carbonyl (C=O) groups excluding carboxylic acids is 1. The van der Waals surface area contributed by atoms with Gasteiger partial charge in [-0.25, -0.2) is 9.78 Å². The van der Waals surface area contributed by atoms with Gasteiger partial charge in [-0.3, -0.25) is 4.79 Å². The predicted molar refractivity (Wildman–Crippen MR) is 124 cm³/mol. The third kappa shape index (κ3) is 4.69. The predicted octanol–water partition coefficient (Wildman–Crippen LogP) is 4.61. The SMILES string of the molecule is CCOC(=O)c1c(C)n2c(cc1=O)-c1nc(Cl)c(OCCCOC)cc1C[C@H]2C(C)(C)C. The van der Waals surface area contributed by atoms with Gasteiger partial charge in [0.2, 0.25) is 0 Å². The van der Waals surface area contributed by atoms with Crippen LogP contribution in [0.25, 0.3) is 11.4 Å². The molecular weight excluding hydrogens is 432 g/mol. The lowest BCUT2D eigenvalue weighted by atomic mass is 9.79. The minimum Gasteiger partial charge on any atom is -0.490 e. The maximum atomic E-state index is 12.9. The molecule has 3 rings (SSSR count). The third-order valence-electron chi connectivity index (χ3n) is 5.72. The lowest BCUT2D eigenvalue weighted by molar-refractivity contribution is 0.0521. The minimum absolute atomic E-state index is 0.0110. The summed E-state index contributed by atoms with van der Waals surface area (Å²) < 4.78 is 18.1. The minimum atomic E-state index is -0.602. The van der Waals surface area contributed by atoms with Crippen LogP contribution in [0.2, 0.25) is 5.15 Å². The summed E-state index contributed by atoms with van der Waals surface area (Å²) in [5, 5.41) is 0.237. The molecule has 0 aliphatic carbocycles. The van der Waals surface area contributed by atoms with E-state index in [1.807, 2.05) is 10.6 Å². The molecule has 2 aromatic rings. The van der Waals surface area contributed by atoms with Crippen molar-refractivity contribution in [1.29, 1.82) is 0 Å². The molecule has 0 saturated heterocycles. The van der Waals surface area contributed by atoms with Gasteiger partial charge in [0.1, 0.15) is 5.56 Å². The Labute approximate surface area is 193 Å². The zero-order valence-corrected chi connectivity index (χ0v) is 20.3. The van der Waals surface area contributed by atoms with Crippen LogP contribution in [0.5, 0.6) is 5.75 Å². The molecule has 0 radical (unpaired) electrons. The first-order chi connectivity index (χ1) is 15.1. The van der Waals surface area contributed by atoms with Crippen LogP contribution in [0.3, 0.4) is 0 Å². The van der Waals surface area contributed by atoms with Crippen LogP contribution in [-0.2, 0) is 15.9 Å². The second-order valence-electron chi connectivity index (χ2n) is 9.01. The van der Waals surface area contributed by atoms with Crippen molar-refractivity contribution in [2.75, 3.05) is 26.9 Å². The van der Waals surface area contributed by atoms with Crippen molar-refractivity contribution >= 4 is 17.6 Å². The van der Waals surface area contributed by atoms with E-state index in [4.69, 9.17) is 25.8 Å². The normalized spacial score (nSPS) is 15.2. The Hall–Kier alpha value is -2.38. The monoisotopic (exact) mass is 462 g/mol. The molecule has 1 aliphatic heterocycles. The fraction of sp³-hybridized carbons (Fsp3) is 0.542. The maximum Gasteiger partial charge on any atom is 0.343 e. The van der Waals surface area contributed by atoms with Crippen LogP contribution in [0.15, 0.2) is 16.9 Å². The quantitative estimate of drug-likeness (QED) is 0.339. The van der Waals surface area contributed by atoms with E-state index < -0.39 is 5.97 Å². The van der Waals surface area contributed by atoms with Crippen molar-refractivity contribution in [3.63, 3.8) is 0 Å². The van der Waals surface area contributed by atoms with Gasteiger partial charge < -0.3 is 18.8 Å². The van der Waals surface area contributed by atoms with Gasteiger partial charge in [0, 0.05) is 37.9 Å². The van der Waals surface area contributed by atoms with E-state index in [2.05, 4.69) is 25.8 Å². The van der Waals surface area contributed by atoms with Gasteiger partial charge in [0.25, 0.3) is 0 Å². The van der Waals surface area contributed by atoms with Gasteiger partial charge in [-0.2, -0.15) is 0 Å². The van der Waals surface area contributed by atoms with E-state index in [9.17, 15) is 9.59 Å². The van der Waals surface area contributed by atoms with Gasteiger partial charge in [-0.15, -0.1) is 0 Å². The highest BCUT2D eigenvalue weighted by Crippen LogP contribution is 2.44. The largest absolute Gasteiger partial charge is 0.490 e. The molecule has 174 valence electrons. The van der Waals surface area contributed by atoms with Gasteiger partial charge in [0.05, 0.1) is 24.6 Å². The average Bonchev–Trinajstić information content (AvgIpc) is 2.70. The summed E-state index contributed by atoms with van der Waals surface area (Å²) in [4.78, 5) is 30.1. The molecular formula is C24H31ClN2O5. The van der Waals surface area contributed by atoms with E-state index in [1.165, 1.54) is 6.07 Å². The second kappa shape index (κ2) is 9.63. The highest BCUT2D eigenvalue weighted by Gasteiger charge is 2.36. The first kappa shape index (κ1) is 24.3. The molecule has 2 aromatic heterocycles. The average molecular weight is 463 g/mol. The summed E-state index contributed by atoms with van der Waals surface area (Å²) in [6.45, 7) is 11.2. The molecule has 1 atom stereocenters. The molecule has 0 saturated carbocycles. The molecule has 1 aliphatic rings. The van der Waals surface area contributed by atoms with Crippen LogP contribution >= 0.6 is 11.6 Å². The summed E-state index contributed by atoms with van der Waals surface area (Å²) >= 11 is 6.44. The van der Waals surface area contributed by atoms with Crippen LogP contribution in [0.4, 0.5) is 0 Å². The number of halogens is 1. The summed E-state index contributed by atoms with van der Waals surface area (Å²) in [6, 6.07) is 3.38. The van der Waals surface area contributed by atoms with Gasteiger partial charge in [-0.1, -0.05) is 32.4 Å². The Balaban J connectivity index is 2.16. The summed E-state index contributed by atoms with van der Waals surface area (Å²) in [5.74, 6) is -0.0839.